The van der Waals surface area contributed by atoms with Gasteiger partial charge in [0.25, 0.3) is 5.91 Å². The Hall–Kier alpha value is -1.63. The van der Waals surface area contributed by atoms with Gasteiger partial charge in [-0.15, -0.1) is 11.3 Å². The third kappa shape index (κ3) is 5.17. The number of nitrogens with one attached hydrogen (secondary N) is 1. The number of aromatic nitrogens is 1. The molecule has 1 aliphatic rings. The molecule has 5 nitrogen and oxygen atoms in total. The van der Waals surface area contributed by atoms with Crippen molar-refractivity contribution in [3.63, 3.8) is 0 Å². The van der Waals surface area contributed by atoms with Crippen molar-refractivity contribution in [2.45, 2.75) is 25.8 Å². The van der Waals surface area contributed by atoms with Gasteiger partial charge in [0.2, 0.25) is 0 Å². The molecule has 1 saturated heterocycles. The number of carbonyl (C=O) groups excluding carboxylic acids is 1. The SMILES string of the molecule is Cc1ncsc1C(=O)NC1CCN(CCOc2ccc(Cl)cc2)CC1. The molecular weight excluding hydrogens is 358 g/mol. The summed E-state index contributed by atoms with van der Waals surface area (Å²) in [5.41, 5.74) is 2.52. The second-order valence-electron chi connectivity index (χ2n) is 6.16. The van der Waals surface area contributed by atoms with E-state index in [0.717, 1.165) is 48.8 Å². The summed E-state index contributed by atoms with van der Waals surface area (Å²) in [6.07, 6.45) is 1.93. The minimum Gasteiger partial charge on any atom is -0.492 e. The lowest BCUT2D eigenvalue weighted by molar-refractivity contribution is 0.0908. The van der Waals surface area contributed by atoms with Crippen molar-refractivity contribution in [1.29, 1.82) is 0 Å². The Morgan fingerprint density at radius 3 is 2.72 bits per heavy atom. The maximum atomic E-state index is 12.2. The van der Waals surface area contributed by atoms with E-state index in [1.54, 1.807) is 5.51 Å². The molecule has 0 atom stereocenters. The van der Waals surface area contributed by atoms with Gasteiger partial charge in [-0.25, -0.2) is 4.98 Å². The van der Waals surface area contributed by atoms with Crippen molar-refractivity contribution < 1.29 is 9.53 Å². The van der Waals surface area contributed by atoms with Gasteiger partial charge in [-0.05, 0) is 44.0 Å². The minimum absolute atomic E-state index is 0.00419. The lowest BCUT2D eigenvalue weighted by Gasteiger charge is -2.32. The fraction of sp³-hybridized carbons (Fsp3) is 0.444. The summed E-state index contributed by atoms with van der Waals surface area (Å²) in [7, 11) is 0. The van der Waals surface area contributed by atoms with E-state index < -0.39 is 0 Å². The predicted molar refractivity (Wildman–Crippen MR) is 101 cm³/mol. The van der Waals surface area contributed by atoms with Gasteiger partial charge in [-0.1, -0.05) is 11.6 Å². The molecule has 0 spiro atoms. The van der Waals surface area contributed by atoms with Crippen LogP contribution in [0.1, 0.15) is 28.2 Å². The first-order chi connectivity index (χ1) is 12.1. The van der Waals surface area contributed by atoms with Crippen LogP contribution >= 0.6 is 22.9 Å². The van der Waals surface area contributed by atoms with Crippen molar-refractivity contribution in [2.75, 3.05) is 26.2 Å². The average molecular weight is 380 g/mol. The monoisotopic (exact) mass is 379 g/mol. The molecule has 3 rings (SSSR count). The van der Waals surface area contributed by atoms with E-state index in [-0.39, 0.29) is 11.9 Å². The van der Waals surface area contributed by atoms with Gasteiger partial charge in [0.15, 0.2) is 0 Å². The fourth-order valence-electron chi connectivity index (χ4n) is 2.90. The zero-order valence-corrected chi connectivity index (χ0v) is 15.8. The Balaban J connectivity index is 1.36. The molecule has 1 aliphatic heterocycles. The topological polar surface area (TPSA) is 54.5 Å². The normalized spacial score (nSPS) is 15.9. The number of amides is 1. The van der Waals surface area contributed by atoms with Crippen LogP contribution in [0, 0.1) is 6.92 Å². The lowest BCUT2D eigenvalue weighted by Crippen LogP contribution is -2.45. The fourth-order valence-corrected chi connectivity index (χ4v) is 3.73. The van der Waals surface area contributed by atoms with Crippen LogP contribution < -0.4 is 10.1 Å². The van der Waals surface area contributed by atoms with E-state index in [4.69, 9.17) is 16.3 Å². The molecule has 1 fully saturated rings. The number of thiazole rings is 1. The van der Waals surface area contributed by atoms with Gasteiger partial charge in [0.05, 0.1) is 11.2 Å². The number of aryl methyl sites for hydroxylation is 1. The summed E-state index contributed by atoms with van der Waals surface area (Å²) in [4.78, 5) is 19.5. The summed E-state index contributed by atoms with van der Waals surface area (Å²) >= 11 is 7.26. The van der Waals surface area contributed by atoms with Crippen LogP contribution in [0.25, 0.3) is 0 Å². The summed E-state index contributed by atoms with van der Waals surface area (Å²) in [6.45, 7) is 5.35. The summed E-state index contributed by atoms with van der Waals surface area (Å²) in [5.74, 6) is 0.844. The highest BCUT2D eigenvalue weighted by Crippen LogP contribution is 2.17. The van der Waals surface area contributed by atoms with Gasteiger partial charge >= 0.3 is 0 Å². The zero-order chi connectivity index (χ0) is 17.6. The molecule has 1 aromatic heterocycles. The van der Waals surface area contributed by atoms with Crippen molar-refractivity contribution in [2.24, 2.45) is 0 Å². The maximum absolute atomic E-state index is 12.2. The highest BCUT2D eigenvalue weighted by Gasteiger charge is 2.22. The lowest BCUT2D eigenvalue weighted by atomic mass is 10.0. The maximum Gasteiger partial charge on any atom is 0.263 e. The Labute approximate surface area is 157 Å². The molecule has 25 heavy (non-hydrogen) atoms. The van der Waals surface area contributed by atoms with Crippen LogP contribution in [0.5, 0.6) is 5.75 Å². The minimum atomic E-state index is 0.00419. The number of piperidine rings is 1. The summed E-state index contributed by atoms with van der Waals surface area (Å²) in [5, 5.41) is 3.84. The molecule has 2 aromatic rings. The Bertz CT molecular complexity index is 697. The van der Waals surface area contributed by atoms with E-state index in [1.165, 1.54) is 11.3 Å². The first-order valence-corrected chi connectivity index (χ1v) is 9.69. The van der Waals surface area contributed by atoms with Crippen LogP contribution in [0.3, 0.4) is 0 Å². The van der Waals surface area contributed by atoms with Crippen molar-refractivity contribution in [3.05, 3.63) is 45.4 Å². The van der Waals surface area contributed by atoms with Gasteiger partial charge in [0.1, 0.15) is 17.2 Å². The van der Waals surface area contributed by atoms with Crippen LogP contribution in [0.4, 0.5) is 0 Å². The van der Waals surface area contributed by atoms with Gasteiger partial charge < -0.3 is 10.1 Å². The zero-order valence-electron chi connectivity index (χ0n) is 14.2. The molecule has 0 bridgehead atoms. The number of nitrogens with zero attached hydrogens (tertiary/aromatic N) is 2. The van der Waals surface area contributed by atoms with E-state index in [0.29, 0.717) is 11.6 Å². The third-order valence-corrected chi connectivity index (χ3v) is 5.54. The second kappa shape index (κ2) is 8.65. The summed E-state index contributed by atoms with van der Waals surface area (Å²) < 4.78 is 5.74. The van der Waals surface area contributed by atoms with Crippen LogP contribution in [0.15, 0.2) is 29.8 Å². The predicted octanol–water partition coefficient (Wildman–Crippen LogP) is 3.38. The Morgan fingerprint density at radius 1 is 1.36 bits per heavy atom. The first kappa shape index (κ1) is 18.2. The molecule has 7 heteroatoms. The van der Waals surface area contributed by atoms with Gasteiger partial charge in [0, 0.05) is 30.7 Å². The molecule has 0 radical (unpaired) electrons. The first-order valence-electron chi connectivity index (χ1n) is 8.43. The van der Waals surface area contributed by atoms with Gasteiger partial charge in [-0.3, -0.25) is 9.69 Å². The largest absolute Gasteiger partial charge is 0.492 e. The molecule has 0 saturated carbocycles. The molecule has 1 amide bonds. The summed E-state index contributed by atoms with van der Waals surface area (Å²) in [6, 6.07) is 7.66. The number of likely N-dealkylation sites (tertiary alicyclic amines) is 1. The molecule has 0 unspecified atom stereocenters. The number of benzene rings is 1. The number of hydrogen-bond acceptors (Lipinski definition) is 5. The van der Waals surface area contributed by atoms with Gasteiger partial charge in [-0.2, -0.15) is 0 Å². The van der Waals surface area contributed by atoms with Crippen LogP contribution in [-0.4, -0.2) is 48.1 Å². The van der Waals surface area contributed by atoms with E-state index >= 15 is 0 Å². The Morgan fingerprint density at radius 2 is 2.08 bits per heavy atom. The molecule has 0 aliphatic carbocycles. The van der Waals surface area contributed by atoms with E-state index in [1.807, 2.05) is 31.2 Å². The smallest absolute Gasteiger partial charge is 0.263 e. The van der Waals surface area contributed by atoms with E-state index in [9.17, 15) is 4.79 Å². The van der Waals surface area contributed by atoms with Crippen molar-refractivity contribution in [1.82, 2.24) is 15.2 Å². The Kier molecular flexibility index (Phi) is 6.29. The van der Waals surface area contributed by atoms with Crippen molar-refractivity contribution >= 4 is 28.8 Å². The third-order valence-electron chi connectivity index (χ3n) is 4.36. The quantitative estimate of drug-likeness (QED) is 0.836. The highest BCUT2D eigenvalue weighted by molar-refractivity contribution is 7.11. The molecule has 1 N–H and O–H groups in total. The molecule has 2 heterocycles. The molecule has 134 valence electrons. The number of hydrogen-bond donors (Lipinski definition) is 1. The number of halogens is 1. The molecular formula is C18H22ClN3O2S. The second-order valence-corrected chi connectivity index (χ2v) is 7.45. The van der Waals surface area contributed by atoms with Crippen LogP contribution in [-0.2, 0) is 0 Å². The average Bonchev–Trinajstić information content (AvgIpc) is 3.04. The number of rotatable bonds is 6. The molecule has 1 aromatic carbocycles. The van der Waals surface area contributed by atoms with Crippen molar-refractivity contribution in [3.8, 4) is 5.75 Å². The highest BCUT2D eigenvalue weighted by atomic mass is 35.5. The number of carbonyl (C=O) groups is 1. The standard InChI is InChI=1S/C18H22ClN3O2S/c1-13-17(25-12-20-13)18(23)21-15-6-8-22(9-7-15)10-11-24-16-4-2-14(19)3-5-16/h2-5,12,15H,6-11H2,1H3,(H,21,23). The van der Waals surface area contributed by atoms with E-state index in [2.05, 4.69) is 15.2 Å². The number of ether oxygens (including phenoxy) is 1. The van der Waals surface area contributed by atoms with Crippen LogP contribution in [0.2, 0.25) is 5.02 Å².